The third kappa shape index (κ3) is 3.62. The van der Waals surface area contributed by atoms with Gasteiger partial charge in [0.1, 0.15) is 23.3 Å². The van der Waals surface area contributed by atoms with E-state index in [1.807, 2.05) is 30.3 Å². The molecular weight excluding hydrogens is 500 g/mol. The number of H-pyrrole nitrogens is 1. The van der Waals surface area contributed by atoms with E-state index in [2.05, 4.69) is 25.2 Å². The summed E-state index contributed by atoms with van der Waals surface area (Å²) in [5.41, 5.74) is 1.81. The van der Waals surface area contributed by atoms with Crippen molar-refractivity contribution in [2.24, 2.45) is 0 Å². The molecule has 1 amide bonds. The maximum Gasteiger partial charge on any atom is 0.284 e. The van der Waals surface area contributed by atoms with Crippen LogP contribution in [0.2, 0.25) is 5.02 Å². The van der Waals surface area contributed by atoms with Crippen LogP contribution in [0, 0.1) is 0 Å². The van der Waals surface area contributed by atoms with Gasteiger partial charge in [-0.2, -0.15) is 18.6 Å². The highest BCUT2D eigenvalue weighted by atomic mass is 35.5. The molecule has 36 heavy (non-hydrogen) atoms. The van der Waals surface area contributed by atoms with E-state index in [0.29, 0.717) is 51.0 Å². The Bertz CT molecular complexity index is 1650. The molecule has 0 aliphatic carbocycles. The van der Waals surface area contributed by atoms with Gasteiger partial charge in [-0.15, -0.1) is 0 Å². The lowest BCUT2D eigenvalue weighted by atomic mass is 10.1. The molecule has 1 aliphatic heterocycles. The average Bonchev–Trinajstić information content (AvgIpc) is 3.62. The van der Waals surface area contributed by atoms with Crippen LogP contribution in [0.15, 0.2) is 59.9 Å². The van der Waals surface area contributed by atoms with Crippen molar-refractivity contribution in [2.45, 2.75) is 18.9 Å². The molecule has 1 fully saturated rings. The highest BCUT2D eigenvalue weighted by Crippen LogP contribution is 2.38. The Morgan fingerprint density at radius 1 is 1.19 bits per heavy atom. The number of aromatic amines is 1. The Morgan fingerprint density at radius 3 is 2.78 bits per heavy atom. The van der Waals surface area contributed by atoms with Crippen LogP contribution in [0.1, 0.15) is 35.1 Å². The van der Waals surface area contributed by atoms with E-state index in [4.69, 9.17) is 16.7 Å². The largest absolute Gasteiger partial charge is 0.355 e. The molecule has 5 aromatic rings. The van der Waals surface area contributed by atoms with Gasteiger partial charge < -0.3 is 15.2 Å². The maximum atomic E-state index is 13.7. The molecule has 2 N–H and O–H groups in total. The van der Waals surface area contributed by atoms with Gasteiger partial charge in [0.2, 0.25) is 0 Å². The number of halogens is 1. The number of nitrogens with zero attached hydrogens (tertiary/aromatic N) is 6. The van der Waals surface area contributed by atoms with Gasteiger partial charge >= 0.3 is 0 Å². The fourth-order valence-corrected chi connectivity index (χ4v) is 5.08. The minimum atomic E-state index is -0.265. The molecule has 1 atom stereocenters. The van der Waals surface area contributed by atoms with Crippen LogP contribution in [0.25, 0.3) is 22.2 Å². The molecule has 12 heteroatoms. The van der Waals surface area contributed by atoms with E-state index < -0.39 is 0 Å². The van der Waals surface area contributed by atoms with E-state index in [-0.39, 0.29) is 31.0 Å². The summed E-state index contributed by atoms with van der Waals surface area (Å²) in [6.45, 7) is 0.685. The van der Waals surface area contributed by atoms with Gasteiger partial charge in [-0.05, 0) is 31.0 Å². The fourth-order valence-electron chi connectivity index (χ4n) is 4.86. The number of benzene rings is 1. The summed E-state index contributed by atoms with van der Waals surface area (Å²) in [7, 11) is 1.59. The first kappa shape index (κ1) is 23.9. The van der Waals surface area contributed by atoms with Crippen molar-refractivity contribution in [3.05, 3.63) is 81.9 Å². The van der Waals surface area contributed by atoms with Gasteiger partial charge in [-0.1, -0.05) is 29.8 Å². The van der Waals surface area contributed by atoms with Crippen molar-refractivity contribution in [2.75, 3.05) is 18.5 Å². The number of amides is 1. The molecule has 0 bridgehead atoms. The predicted octanol–water partition coefficient (Wildman–Crippen LogP) is 3.22. The Labute approximate surface area is 217 Å². The summed E-state index contributed by atoms with van der Waals surface area (Å²) in [6, 6.07) is 10.8. The number of nitrogens with one attached hydrogen (secondary N) is 2. The van der Waals surface area contributed by atoms with Crippen LogP contribution in [-0.4, -0.2) is 48.6 Å². The highest BCUT2D eigenvalue weighted by Gasteiger charge is 2.34. The fraction of sp³-hybridized carbons (Fsp3) is 0.208. The summed E-state index contributed by atoms with van der Waals surface area (Å²) >= 11 is 6.34. The summed E-state index contributed by atoms with van der Waals surface area (Å²) in [5, 5.41) is 8.52. The lowest BCUT2D eigenvalue weighted by Gasteiger charge is -2.27. The number of hydrogen-bond donors (Lipinski definition) is 2. The molecule has 0 unspecified atom stereocenters. The van der Waals surface area contributed by atoms with Gasteiger partial charge in [0.05, 0.1) is 27.7 Å². The Hall–Kier alpha value is -3.83. The second-order valence-corrected chi connectivity index (χ2v) is 8.75. The summed E-state index contributed by atoms with van der Waals surface area (Å²) in [5.74, 6) is 0.963. The minimum absolute atomic E-state index is 0. The van der Waals surface area contributed by atoms with Gasteiger partial charge in [-0.25, -0.2) is 14.5 Å². The molecule has 6 rings (SSSR count). The topological polar surface area (TPSA) is 113 Å². The van der Waals surface area contributed by atoms with Crippen LogP contribution in [0.3, 0.4) is 0 Å². The third-order valence-corrected chi connectivity index (χ3v) is 6.73. The van der Waals surface area contributed by atoms with Gasteiger partial charge in [-0.3, -0.25) is 14.2 Å². The third-order valence-electron chi connectivity index (χ3n) is 6.42. The number of anilines is 1. The molecule has 5 heterocycles. The Balaban J connectivity index is 0.00000267. The van der Waals surface area contributed by atoms with Crippen molar-refractivity contribution in [3.63, 3.8) is 0 Å². The zero-order valence-corrected chi connectivity index (χ0v) is 21.0. The molecule has 0 spiro atoms. The molecule has 10 nitrogen and oxygen atoms in total. The van der Waals surface area contributed by atoms with Gasteiger partial charge in [0.15, 0.2) is 5.82 Å². The van der Waals surface area contributed by atoms with E-state index in [9.17, 15) is 9.59 Å². The van der Waals surface area contributed by atoms with Crippen LogP contribution in [-0.2, 0) is 0 Å². The molecule has 1 saturated heterocycles. The smallest absolute Gasteiger partial charge is 0.284 e. The maximum absolute atomic E-state index is 13.7. The predicted molar refractivity (Wildman–Crippen MR) is 143 cm³/mol. The normalized spacial score (nSPS) is 15.4. The molecule has 1 aliphatic rings. The van der Waals surface area contributed by atoms with Crippen molar-refractivity contribution in [3.8, 4) is 5.69 Å². The second kappa shape index (κ2) is 9.32. The van der Waals surface area contributed by atoms with Crippen LogP contribution >= 0.6 is 25.1 Å². The van der Waals surface area contributed by atoms with Crippen LogP contribution in [0.4, 0.5) is 5.82 Å². The zero-order chi connectivity index (χ0) is 24.1. The number of carbonyl (C=O) groups excluding carboxylic acids is 1. The first-order valence-corrected chi connectivity index (χ1v) is 11.6. The number of aromatic nitrogens is 6. The van der Waals surface area contributed by atoms with Crippen molar-refractivity contribution in [1.82, 2.24) is 34.4 Å². The van der Waals surface area contributed by atoms with Gasteiger partial charge in [0.25, 0.3) is 11.5 Å². The van der Waals surface area contributed by atoms with E-state index in [1.165, 1.54) is 10.8 Å². The van der Waals surface area contributed by atoms with Crippen molar-refractivity contribution >= 4 is 53.4 Å². The quantitative estimate of drug-likeness (QED) is 0.375. The van der Waals surface area contributed by atoms with E-state index in [1.54, 1.807) is 30.1 Å². The summed E-state index contributed by atoms with van der Waals surface area (Å²) in [6.07, 6.45) is 6.43. The zero-order valence-electron chi connectivity index (χ0n) is 19.3. The minimum Gasteiger partial charge on any atom is -0.355 e. The number of rotatable bonds is 4. The van der Waals surface area contributed by atoms with E-state index in [0.717, 1.165) is 12.8 Å². The second-order valence-electron chi connectivity index (χ2n) is 8.34. The number of hydrogen-bond acceptors (Lipinski definition) is 6. The number of para-hydroxylation sites is 1. The number of fused-ring (bicyclic) bond motifs is 2. The van der Waals surface area contributed by atoms with Crippen LogP contribution < -0.4 is 15.8 Å². The molecular formula is C24H23ClN8O2S. The van der Waals surface area contributed by atoms with Crippen molar-refractivity contribution < 1.29 is 4.79 Å². The highest BCUT2D eigenvalue weighted by molar-refractivity contribution is 7.59. The monoisotopic (exact) mass is 522 g/mol. The number of carbonyl (C=O) groups is 1. The van der Waals surface area contributed by atoms with Crippen molar-refractivity contribution in [1.29, 1.82) is 0 Å². The van der Waals surface area contributed by atoms with Crippen LogP contribution in [0.5, 0.6) is 0 Å². The standard InChI is InChI=1S/C24H21ClN8O2.H2S/c1-26-23(34)15-12-27-20-18(15)22(29-13-28-20)31-10-5-8-17(31)21-30-32-11-9-16(25)19(32)24(35)33(21)14-6-3-2-4-7-14;/h2-4,6-7,9,11-13,17H,5,8,10H2,1H3,(H,26,34)(H,27,28,29);1H2/t17-;/m0./s1. The first-order chi connectivity index (χ1) is 17.1. The molecule has 1 aromatic carbocycles. The first-order valence-electron chi connectivity index (χ1n) is 11.2. The molecule has 0 radical (unpaired) electrons. The Morgan fingerprint density at radius 2 is 2.00 bits per heavy atom. The Kier molecular flexibility index (Phi) is 6.19. The lowest BCUT2D eigenvalue weighted by molar-refractivity contribution is 0.0964. The SMILES string of the molecule is CNC(=O)c1c[nH]c2ncnc(N3CCC[C@H]3c3nn4ccc(Cl)c4c(=O)n3-c3ccccc3)c12.S. The van der Waals surface area contributed by atoms with Gasteiger partial charge in [0, 0.05) is 26.0 Å². The van der Waals surface area contributed by atoms with E-state index >= 15 is 0 Å². The average molecular weight is 523 g/mol. The molecule has 0 saturated carbocycles. The lowest BCUT2D eigenvalue weighted by Crippen LogP contribution is -2.33. The summed E-state index contributed by atoms with van der Waals surface area (Å²) in [4.78, 5) is 40.3. The molecule has 4 aromatic heterocycles. The summed E-state index contributed by atoms with van der Waals surface area (Å²) < 4.78 is 3.16. The molecule has 184 valence electrons.